The summed E-state index contributed by atoms with van der Waals surface area (Å²) in [5, 5.41) is 0. The molecular weight excluding hydrogens is 212 g/mol. The quantitative estimate of drug-likeness (QED) is 0.757. The Kier molecular flexibility index (Phi) is 5.72. The number of hydrogen-bond acceptors (Lipinski definition) is 3. The van der Waals surface area contributed by atoms with Gasteiger partial charge in [0.05, 0.1) is 12.8 Å². The molecule has 0 aliphatic heterocycles. The molecule has 0 bridgehead atoms. The van der Waals surface area contributed by atoms with Crippen molar-refractivity contribution in [2.24, 2.45) is 11.1 Å². The summed E-state index contributed by atoms with van der Waals surface area (Å²) in [6.45, 7) is 7.38. The second-order valence-corrected chi connectivity index (χ2v) is 5.62. The van der Waals surface area contributed by atoms with E-state index >= 15 is 0 Å². The minimum atomic E-state index is 0.375. The van der Waals surface area contributed by atoms with Crippen LogP contribution < -0.4 is 5.73 Å². The summed E-state index contributed by atoms with van der Waals surface area (Å²) in [6, 6.07) is 3.96. The highest BCUT2D eigenvalue weighted by Gasteiger charge is 2.16. The third-order valence-corrected chi connectivity index (χ3v) is 3.22. The molecule has 0 saturated heterocycles. The number of furan rings is 1. The molecule has 0 fully saturated rings. The molecule has 0 aliphatic carbocycles. The molecule has 2 N–H and O–H groups in total. The van der Waals surface area contributed by atoms with Crippen molar-refractivity contribution in [1.82, 2.24) is 4.90 Å². The van der Waals surface area contributed by atoms with Crippen molar-refractivity contribution in [3.63, 3.8) is 0 Å². The lowest BCUT2D eigenvalue weighted by molar-refractivity contribution is 0.248. The van der Waals surface area contributed by atoms with Crippen molar-refractivity contribution < 1.29 is 4.42 Å². The molecule has 1 aromatic rings. The van der Waals surface area contributed by atoms with E-state index in [-0.39, 0.29) is 0 Å². The van der Waals surface area contributed by atoms with Gasteiger partial charge in [0.2, 0.25) is 0 Å². The molecule has 1 rings (SSSR count). The first kappa shape index (κ1) is 14.3. The van der Waals surface area contributed by atoms with E-state index < -0.39 is 0 Å². The smallest absolute Gasteiger partial charge is 0.117 e. The predicted octanol–water partition coefficient (Wildman–Crippen LogP) is 2.87. The maximum Gasteiger partial charge on any atom is 0.117 e. The second-order valence-electron chi connectivity index (χ2n) is 5.62. The van der Waals surface area contributed by atoms with E-state index in [1.54, 1.807) is 6.26 Å². The van der Waals surface area contributed by atoms with Gasteiger partial charge in [0.1, 0.15) is 5.76 Å². The molecule has 1 heterocycles. The highest BCUT2D eigenvalue weighted by molar-refractivity contribution is 4.97. The monoisotopic (exact) mass is 238 g/mol. The van der Waals surface area contributed by atoms with Crippen LogP contribution in [0.5, 0.6) is 0 Å². The number of nitrogens with zero attached hydrogens (tertiary/aromatic N) is 1. The van der Waals surface area contributed by atoms with Crippen LogP contribution in [-0.2, 0) is 6.54 Å². The van der Waals surface area contributed by atoms with Gasteiger partial charge in [-0.15, -0.1) is 0 Å². The van der Waals surface area contributed by atoms with Crippen LogP contribution in [0.1, 0.15) is 38.9 Å². The van der Waals surface area contributed by atoms with Crippen molar-refractivity contribution in [3.8, 4) is 0 Å². The Labute approximate surface area is 105 Å². The predicted molar refractivity (Wildman–Crippen MR) is 71.7 cm³/mol. The van der Waals surface area contributed by atoms with Crippen LogP contribution in [0.15, 0.2) is 22.8 Å². The summed E-state index contributed by atoms with van der Waals surface area (Å²) in [4.78, 5) is 2.30. The largest absolute Gasteiger partial charge is 0.468 e. The third kappa shape index (κ3) is 5.89. The summed E-state index contributed by atoms with van der Waals surface area (Å²) in [7, 11) is 2.14. The van der Waals surface area contributed by atoms with Gasteiger partial charge in [-0.25, -0.2) is 0 Å². The summed E-state index contributed by atoms with van der Waals surface area (Å²) < 4.78 is 5.33. The maximum atomic E-state index is 5.61. The molecule has 0 saturated carbocycles. The lowest BCUT2D eigenvalue weighted by atomic mass is 9.84. The zero-order chi connectivity index (χ0) is 12.7. The standard InChI is InChI=1S/C14H26N2O/c1-14(2,8-9-15)7-5-10-16(3)12-13-6-4-11-17-13/h4,6,11H,5,7-10,12,15H2,1-3H3. The van der Waals surface area contributed by atoms with Gasteiger partial charge < -0.3 is 10.2 Å². The Morgan fingerprint density at radius 1 is 1.35 bits per heavy atom. The van der Waals surface area contributed by atoms with Crippen LogP contribution in [0.4, 0.5) is 0 Å². The first-order valence-corrected chi connectivity index (χ1v) is 6.44. The second kappa shape index (κ2) is 6.82. The third-order valence-electron chi connectivity index (χ3n) is 3.22. The number of hydrogen-bond donors (Lipinski definition) is 1. The number of rotatable bonds is 8. The van der Waals surface area contributed by atoms with Gasteiger partial charge in [0.15, 0.2) is 0 Å². The summed E-state index contributed by atoms with van der Waals surface area (Å²) in [6.07, 6.45) is 5.28. The molecule has 0 atom stereocenters. The molecule has 0 spiro atoms. The lowest BCUT2D eigenvalue weighted by Crippen LogP contribution is -2.22. The lowest BCUT2D eigenvalue weighted by Gasteiger charge is -2.25. The Morgan fingerprint density at radius 2 is 2.12 bits per heavy atom. The highest BCUT2D eigenvalue weighted by atomic mass is 16.3. The van der Waals surface area contributed by atoms with Crippen LogP contribution >= 0.6 is 0 Å². The Hall–Kier alpha value is -0.800. The van der Waals surface area contributed by atoms with Gasteiger partial charge in [-0.05, 0) is 56.9 Å². The van der Waals surface area contributed by atoms with E-state index in [4.69, 9.17) is 10.2 Å². The molecule has 98 valence electrons. The van der Waals surface area contributed by atoms with E-state index in [1.165, 1.54) is 12.8 Å². The molecular formula is C14H26N2O. The number of nitrogens with two attached hydrogens (primary N) is 1. The van der Waals surface area contributed by atoms with Crippen LogP contribution in [0, 0.1) is 5.41 Å². The van der Waals surface area contributed by atoms with Crippen molar-refractivity contribution in [3.05, 3.63) is 24.2 Å². The normalized spacial score (nSPS) is 12.3. The SMILES string of the molecule is CN(CCCC(C)(C)CCN)Cc1ccco1. The fourth-order valence-corrected chi connectivity index (χ4v) is 2.09. The zero-order valence-electron chi connectivity index (χ0n) is 11.4. The van der Waals surface area contributed by atoms with Gasteiger partial charge in [-0.2, -0.15) is 0 Å². The topological polar surface area (TPSA) is 42.4 Å². The van der Waals surface area contributed by atoms with Crippen LogP contribution in [0.25, 0.3) is 0 Å². The molecule has 3 heteroatoms. The molecule has 3 nitrogen and oxygen atoms in total. The molecule has 0 aliphatic rings. The summed E-state index contributed by atoms with van der Waals surface area (Å²) in [5.74, 6) is 1.04. The molecule has 0 amide bonds. The molecule has 1 aromatic heterocycles. The van der Waals surface area contributed by atoms with Crippen LogP contribution in [0.3, 0.4) is 0 Å². The Bertz CT molecular complexity index is 293. The average molecular weight is 238 g/mol. The van der Waals surface area contributed by atoms with Gasteiger partial charge in [-0.3, -0.25) is 4.90 Å². The fraction of sp³-hybridized carbons (Fsp3) is 0.714. The Balaban J connectivity index is 2.18. The fourth-order valence-electron chi connectivity index (χ4n) is 2.09. The van der Waals surface area contributed by atoms with Crippen LogP contribution in [0.2, 0.25) is 0 Å². The Morgan fingerprint density at radius 3 is 2.71 bits per heavy atom. The van der Waals surface area contributed by atoms with Gasteiger partial charge >= 0.3 is 0 Å². The van der Waals surface area contributed by atoms with Crippen molar-refractivity contribution in [2.75, 3.05) is 20.1 Å². The van der Waals surface area contributed by atoms with Gasteiger partial charge in [-0.1, -0.05) is 13.8 Å². The highest BCUT2D eigenvalue weighted by Crippen LogP contribution is 2.25. The van der Waals surface area contributed by atoms with Crippen LogP contribution in [-0.4, -0.2) is 25.0 Å². The van der Waals surface area contributed by atoms with E-state index in [2.05, 4.69) is 25.8 Å². The van der Waals surface area contributed by atoms with Gasteiger partial charge in [0, 0.05) is 0 Å². The summed E-state index contributed by atoms with van der Waals surface area (Å²) in [5.41, 5.74) is 5.99. The first-order valence-electron chi connectivity index (χ1n) is 6.44. The van der Waals surface area contributed by atoms with Crippen molar-refractivity contribution in [2.45, 2.75) is 39.7 Å². The minimum Gasteiger partial charge on any atom is -0.468 e. The zero-order valence-corrected chi connectivity index (χ0v) is 11.4. The van der Waals surface area contributed by atoms with E-state index in [9.17, 15) is 0 Å². The maximum absolute atomic E-state index is 5.61. The molecule has 0 radical (unpaired) electrons. The van der Waals surface area contributed by atoms with E-state index in [0.29, 0.717) is 5.41 Å². The molecule has 0 unspecified atom stereocenters. The minimum absolute atomic E-state index is 0.375. The summed E-state index contributed by atoms with van der Waals surface area (Å²) >= 11 is 0. The first-order chi connectivity index (χ1) is 8.03. The van der Waals surface area contributed by atoms with Crippen molar-refractivity contribution in [1.29, 1.82) is 0 Å². The van der Waals surface area contributed by atoms with Gasteiger partial charge in [0.25, 0.3) is 0 Å². The van der Waals surface area contributed by atoms with E-state index in [1.807, 2.05) is 12.1 Å². The average Bonchev–Trinajstić information content (AvgIpc) is 2.69. The van der Waals surface area contributed by atoms with E-state index in [0.717, 1.165) is 31.8 Å². The molecule has 17 heavy (non-hydrogen) atoms. The van der Waals surface area contributed by atoms with Crippen molar-refractivity contribution >= 4 is 0 Å². The molecule has 0 aromatic carbocycles.